The maximum Gasteiger partial charge on any atom is 0.129 e. The molecule has 0 amide bonds. The first-order valence-electron chi connectivity index (χ1n) is 4.96. The van der Waals surface area contributed by atoms with E-state index in [1.807, 2.05) is 0 Å². The van der Waals surface area contributed by atoms with Gasteiger partial charge >= 0.3 is 0 Å². The molecule has 0 bridgehead atoms. The fourth-order valence-electron chi connectivity index (χ4n) is 1.70. The molecule has 0 fully saturated rings. The Morgan fingerprint density at radius 1 is 1.06 bits per heavy atom. The molecule has 17 heavy (non-hydrogen) atoms. The van der Waals surface area contributed by atoms with Crippen LogP contribution in [-0.4, -0.2) is 5.11 Å². The van der Waals surface area contributed by atoms with Gasteiger partial charge in [0.05, 0.1) is 6.61 Å². The Kier molecular flexibility index (Phi) is 3.67. The van der Waals surface area contributed by atoms with Gasteiger partial charge in [-0.25, -0.2) is 4.39 Å². The Hall–Kier alpha value is -1.09. The molecule has 0 unspecified atom stereocenters. The molecule has 4 heteroatoms. The zero-order valence-electron chi connectivity index (χ0n) is 8.75. The SMILES string of the molecule is OCc1c(F)cccc1-c1cc(Cl)cc(Cl)c1. The molecule has 88 valence electrons. The Labute approximate surface area is 108 Å². The molecule has 0 aromatic heterocycles. The number of aliphatic hydroxyl groups excluding tert-OH is 1. The second kappa shape index (κ2) is 5.05. The average Bonchev–Trinajstić information content (AvgIpc) is 2.27. The number of benzene rings is 2. The number of aliphatic hydroxyl groups is 1. The molecule has 0 spiro atoms. The van der Waals surface area contributed by atoms with Crippen LogP contribution >= 0.6 is 23.2 Å². The van der Waals surface area contributed by atoms with E-state index in [0.717, 1.165) is 0 Å². The molecule has 0 saturated carbocycles. The van der Waals surface area contributed by atoms with E-state index in [0.29, 0.717) is 21.2 Å². The van der Waals surface area contributed by atoms with Crippen molar-refractivity contribution in [3.8, 4) is 11.1 Å². The van der Waals surface area contributed by atoms with Gasteiger partial charge < -0.3 is 5.11 Å². The quantitative estimate of drug-likeness (QED) is 0.863. The largest absolute Gasteiger partial charge is 0.392 e. The van der Waals surface area contributed by atoms with Crippen LogP contribution in [0, 0.1) is 5.82 Å². The molecule has 1 nitrogen and oxygen atoms in total. The van der Waals surface area contributed by atoms with Crippen LogP contribution in [0.5, 0.6) is 0 Å². The number of hydrogen-bond donors (Lipinski definition) is 1. The second-order valence-corrected chi connectivity index (χ2v) is 4.46. The molecule has 2 rings (SSSR count). The Bertz CT molecular complexity index is 535. The summed E-state index contributed by atoms with van der Waals surface area (Å²) in [6, 6.07) is 9.57. The van der Waals surface area contributed by atoms with Crippen molar-refractivity contribution in [1.82, 2.24) is 0 Å². The lowest BCUT2D eigenvalue weighted by Crippen LogP contribution is -1.94. The van der Waals surface area contributed by atoms with Crippen LogP contribution in [-0.2, 0) is 6.61 Å². The van der Waals surface area contributed by atoms with Crippen molar-refractivity contribution in [1.29, 1.82) is 0 Å². The molecule has 2 aromatic carbocycles. The molecular weight excluding hydrogens is 262 g/mol. The highest BCUT2D eigenvalue weighted by Crippen LogP contribution is 2.30. The Morgan fingerprint density at radius 3 is 2.29 bits per heavy atom. The van der Waals surface area contributed by atoms with Gasteiger partial charge in [-0.1, -0.05) is 35.3 Å². The average molecular weight is 271 g/mol. The molecule has 0 aliphatic heterocycles. The van der Waals surface area contributed by atoms with E-state index in [1.54, 1.807) is 30.3 Å². The maximum atomic E-state index is 13.5. The third-order valence-electron chi connectivity index (χ3n) is 2.45. The van der Waals surface area contributed by atoms with Gasteiger partial charge in [0.2, 0.25) is 0 Å². The van der Waals surface area contributed by atoms with E-state index in [2.05, 4.69) is 0 Å². The topological polar surface area (TPSA) is 20.2 Å². The van der Waals surface area contributed by atoms with Crippen LogP contribution < -0.4 is 0 Å². The number of halogens is 3. The third-order valence-corrected chi connectivity index (χ3v) is 2.89. The molecule has 0 saturated heterocycles. The van der Waals surface area contributed by atoms with Gasteiger partial charge in [0.25, 0.3) is 0 Å². The van der Waals surface area contributed by atoms with E-state index in [9.17, 15) is 9.50 Å². The van der Waals surface area contributed by atoms with Gasteiger partial charge in [0, 0.05) is 15.6 Å². The summed E-state index contributed by atoms with van der Waals surface area (Å²) in [6.45, 7) is -0.369. The van der Waals surface area contributed by atoms with Crippen molar-refractivity contribution < 1.29 is 9.50 Å². The maximum absolute atomic E-state index is 13.5. The summed E-state index contributed by atoms with van der Waals surface area (Å²) in [6.07, 6.45) is 0. The van der Waals surface area contributed by atoms with E-state index in [-0.39, 0.29) is 12.2 Å². The van der Waals surface area contributed by atoms with Crippen molar-refractivity contribution in [3.63, 3.8) is 0 Å². The summed E-state index contributed by atoms with van der Waals surface area (Å²) in [7, 11) is 0. The first kappa shape index (κ1) is 12.4. The monoisotopic (exact) mass is 270 g/mol. The van der Waals surface area contributed by atoms with Crippen LogP contribution in [0.1, 0.15) is 5.56 Å². The number of rotatable bonds is 2. The highest BCUT2D eigenvalue weighted by molar-refractivity contribution is 6.35. The lowest BCUT2D eigenvalue weighted by molar-refractivity contribution is 0.276. The fourth-order valence-corrected chi connectivity index (χ4v) is 2.23. The summed E-state index contributed by atoms with van der Waals surface area (Å²) in [5.74, 6) is -0.443. The van der Waals surface area contributed by atoms with Gasteiger partial charge in [-0.15, -0.1) is 0 Å². The summed E-state index contributed by atoms with van der Waals surface area (Å²) in [4.78, 5) is 0. The zero-order valence-corrected chi connectivity index (χ0v) is 10.3. The molecule has 0 aliphatic rings. The van der Waals surface area contributed by atoms with E-state index in [1.165, 1.54) is 6.07 Å². The minimum absolute atomic E-state index is 0.242. The predicted molar refractivity (Wildman–Crippen MR) is 67.8 cm³/mol. The van der Waals surface area contributed by atoms with Gasteiger partial charge in [-0.3, -0.25) is 0 Å². The highest BCUT2D eigenvalue weighted by Gasteiger charge is 2.10. The van der Waals surface area contributed by atoms with Crippen molar-refractivity contribution >= 4 is 23.2 Å². The molecule has 2 aromatic rings. The Balaban J connectivity index is 2.63. The van der Waals surface area contributed by atoms with Crippen molar-refractivity contribution in [3.05, 3.63) is 57.8 Å². The minimum atomic E-state index is -0.443. The molecule has 1 N–H and O–H groups in total. The molecular formula is C13H9Cl2FO. The molecule has 0 heterocycles. The lowest BCUT2D eigenvalue weighted by Gasteiger charge is -2.09. The number of hydrogen-bond acceptors (Lipinski definition) is 1. The third kappa shape index (κ3) is 2.60. The lowest BCUT2D eigenvalue weighted by atomic mass is 10.00. The zero-order chi connectivity index (χ0) is 12.4. The van der Waals surface area contributed by atoms with E-state index >= 15 is 0 Å². The standard InChI is InChI=1S/C13H9Cl2FO/c14-9-4-8(5-10(15)6-9)11-2-1-3-13(16)12(11)7-17/h1-6,17H,7H2. The van der Waals surface area contributed by atoms with E-state index < -0.39 is 5.82 Å². The summed E-state index contributed by atoms with van der Waals surface area (Å²) >= 11 is 11.8. The second-order valence-electron chi connectivity index (χ2n) is 3.58. The molecule has 0 aliphatic carbocycles. The van der Waals surface area contributed by atoms with Gasteiger partial charge in [-0.05, 0) is 35.4 Å². The molecule has 0 atom stereocenters. The van der Waals surface area contributed by atoms with Crippen molar-refractivity contribution in [2.45, 2.75) is 6.61 Å². The van der Waals surface area contributed by atoms with Crippen LogP contribution in [0.3, 0.4) is 0 Å². The van der Waals surface area contributed by atoms with Crippen molar-refractivity contribution in [2.24, 2.45) is 0 Å². The summed E-state index contributed by atoms with van der Waals surface area (Å²) in [5.41, 5.74) is 1.52. The summed E-state index contributed by atoms with van der Waals surface area (Å²) < 4.78 is 13.5. The highest BCUT2D eigenvalue weighted by atomic mass is 35.5. The predicted octanol–water partition coefficient (Wildman–Crippen LogP) is 4.29. The van der Waals surface area contributed by atoms with Crippen LogP contribution in [0.25, 0.3) is 11.1 Å². The first-order valence-corrected chi connectivity index (χ1v) is 5.72. The van der Waals surface area contributed by atoms with Crippen LogP contribution in [0.15, 0.2) is 36.4 Å². The van der Waals surface area contributed by atoms with Crippen LogP contribution in [0.2, 0.25) is 10.0 Å². The van der Waals surface area contributed by atoms with Crippen molar-refractivity contribution in [2.75, 3.05) is 0 Å². The smallest absolute Gasteiger partial charge is 0.129 e. The van der Waals surface area contributed by atoms with E-state index in [4.69, 9.17) is 23.2 Å². The first-order chi connectivity index (χ1) is 8.11. The van der Waals surface area contributed by atoms with Gasteiger partial charge in [0.1, 0.15) is 5.82 Å². The van der Waals surface area contributed by atoms with Gasteiger partial charge in [-0.2, -0.15) is 0 Å². The molecule has 0 radical (unpaired) electrons. The van der Waals surface area contributed by atoms with Crippen LogP contribution in [0.4, 0.5) is 4.39 Å². The fraction of sp³-hybridized carbons (Fsp3) is 0.0769. The summed E-state index contributed by atoms with van der Waals surface area (Å²) in [5, 5.41) is 10.1. The van der Waals surface area contributed by atoms with Gasteiger partial charge in [0.15, 0.2) is 0 Å². The minimum Gasteiger partial charge on any atom is -0.392 e. The normalized spacial score (nSPS) is 10.6. The Morgan fingerprint density at radius 2 is 1.71 bits per heavy atom.